The van der Waals surface area contributed by atoms with Crippen LogP contribution in [0.4, 0.5) is 15.8 Å². The summed E-state index contributed by atoms with van der Waals surface area (Å²) in [6.07, 6.45) is 1.78. The zero-order valence-electron chi connectivity index (χ0n) is 18.3. The van der Waals surface area contributed by atoms with Gasteiger partial charge in [0.1, 0.15) is 23.4 Å². The van der Waals surface area contributed by atoms with E-state index in [1.807, 2.05) is 44.4 Å². The average molecular weight is 459 g/mol. The van der Waals surface area contributed by atoms with Gasteiger partial charge in [-0.3, -0.25) is 4.98 Å². The molecule has 2 aromatic carbocycles. The molecule has 0 bridgehead atoms. The minimum Gasteiger partial charge on any atom is -0.459 e. The molecule has 166 valence electrons. The van der Waals surface area contributed by atoms with Crippen molar-refractivity contribution in [1.82, 2.24) is 10.3 Å². The second-order valence-corrected chi connectivity index (χ2v) is 8.50. The third-order valence-electron chi connectivity index (χ3n) is 5.79. The van der Waals surface area contributed by atoms with Crippen molar-refractivity contribution < 1.29 is 8.81 Å². The summed E-state index contributed by atoms with van der Waals surface area (Å²) in [6.45, 7) is 0. The van der Waals surface area contributed by atoms with Crippen LogP contribution in [-0.2, 0) is 0 Å². The third-order valence-corrected chi connectivity index (χ3v) is 6.10. The van der Waals surface area contributed by atoms with Crippen LogP contribution in [0.25, 0.3) is 11.3 Å². The molecule has 2 aromatic heterocycles. The second-order valence-electron chi connectivity index (χ2n) is 8.12. The molecule has 5 nitrogen and oxygen atoms in total. The molecular formula is C26H23FN4OS. The van der Waals surface area contributed by atoms with E-state index in [1.165, 1.54) is 12.1 Å². The zero-order chi connectivity index (χ0) is 22.9. The first kappa shape index (κ1) is 21.2. The lowest BCUT2D eigenvalue weighted by Gasteiger charge is -2.26. The quantitative estimate of drug-likeness (QED) is 0.386. The Balaban J connectivity index is 1.57. The molecule has 0 amide bonds. The Morgan fingerprint density at radius 2 is 1.73 bits per heavy atom. The van der Waals surface area contributed by atoms with Crippen LogP contribution in [0.5, 0.6) is 0 Å². The molecule has 0 unspecified atom stereocenters. The van der Waals surface area contributed by atoms with E-state index in [2.05, 4.69) is 44.4 Å². The number of nitrogens with one attached hydrogen (secondary N) is 1. The van der Waals surface area contributed by atoms with E-state index in [-0.39, 0.29) is 17.9 Å². The van der Waals surface area contributed by atoms with Crippen molar-refractivity contribution in [2.45, 2.75) is 12.1 Å². The Morgan fingerprint density at radius 3 is 2.39 bits per heavy atom. The van der Waals surface area contributed by atoms with Gasteiger partial charge in [-0.25, -0.2) is 4.39 Å². The van der Waals surface area contributed by atoms with Crippen molar-refractivity contribution >= 4 is 28.7 Å². The standard InChI is InChI=1S/C26H23FN4OS/c1-30(2)19-10-12-20(13-11-19)31-25(24(29-26(31)33)21-5-3-4-16-28-21)23-15-14-22(32-23)17-6-8-18(27)9-7-17/h3-16,24-25H,1-2H3,(H,29,33)/t24-,25+/m1/s1. The number of aromatic nitrogens is 1. The summed E-state index contributed by atoms with van der Waals surface area (Å²) >= 11 is 5.77. The first-order chi connectivity index (χ1) is 16.0. The van der Waals surface area contributed by atoms with E-state index < -0.39 is 0 Å². The summed E-state index contributed by atoms with van der Waals surface area (Å²) in [4.78, 5) is 8.70. The van der Waals surface area contributed by atoms with Crippen LogP contribution in [0.1, 0.15) is 23.5 Å². The fraction of sp³-hybridized carbons (Fsp3) is 0.154. The Morgan fingerprint density at radius 1 is 0.970 bits per heavy atom. The first-order valence-electron chi connectivity index (χ1n) is 10.6. The number of thiocarbonyl (C=S) groups is 1. The molecular weight excluding hydrogens is 435 g/mol. The average Bonchev–Trinajstić information content (AvgIpc) is 3.45. The Labute approximate surface area is 197 Å². The van der Waals surface area contributed by atoms with Crippen LogP contribution >= 0.6 is 12.2 Å². The molecule has 0 aliphatic carbocycles. The van der Waals surface area contributed by atoms with E-state index in [1.54, 1.807) is 18.3 Å². The van der Waals surface area contributed by atoms with Gasteiger partial charge in [0, 0.05) is 37.2 Å². The van der Waals surface area contributed by atoms with Crippen molar-refractivity contribution in [2.24, 2.45) is 0 Å². The van der Waals surface area contributed by atoms with Crippen molar-refractivity contribution in [3.8, 4) is 11.3 Å². The minimum absolute atomic E-state index is 0.195. The molecule has 1 aliphatic rings. The molecule has 1 fully saturated rings. The molecule has 2 atom stereocenters. The summed E-state index contributed by atoms with van der Waals surface area (Å²) in [5, 5.41) is 4.04. The maximum absolute atomic E-state index is 13.4. The van der Waals surface area contributed by atoms with Crippen LogP contribution in [0.2, 0.25) is 0 Å². The number of nitrogens with zero attached hydrogens (tertiary/aromatic N) is 3. The Hall–Kier alpha value is -3.71. The fourth-order valence-electron chi connectivity index (χ4n) is 4.11. The molecule has 0 saturated carbocycles. The van der Waals surface area contributed by atoms with E-state index in [0.717, 1.165) is 28.4 Å². The van der Waals surface area contributed by atoms with E-state index >= 15 is 0 Å². The van der Waals surface area contributed by atoms with Crippen LogP contribution in [0.15, 0.2) is 89.5 Å². The van der Waals surface area contributed by atoms with Gasteiger partial charge in [0.2, 0.25) is 0 Å². The number of halogens is 1. The van der Waals surface area contributed by atoms with Crippen LogP contribution in [0.3, 0.4) is 0 Å². The van der Waals surface area contributed by atoms with Gasteiger partial charge >= 0.3 is 0 Å². The molecule has 3 heterocycles. The number of rotatable bonds is 5. The number of benzene rings is 2. The Kier molecular flexibility index (Phi) is 5.56. The van der Waals surface area contributed by atoms with Gasteiger partial charge in [-0.15, -0.1) is 0 Å². The van der Waals surface area contributed by atoms with Crippen LogP contribution in [-0.4, -0.2) is 24.2 Å². The van der Waals surface area contributed by atoms with Gasteiger partial charge in [-0.05, 0) is 85.0 Å². The molecule has 5 rings (SSSR count). The normalized spacial score (nSPS) is 17.8. The highest BCUT2D eigenvalue weighted by molar-refractivity contribution is 7.80. The third kappa shape index (κ3) is 4.07. The number of furan rings is 1. The number of anilines is 2. The lowest BCUT2D eigenvalue weighted by molar-refractivity contribution is 0.439. The van der Waals surface area contributed by atoms with Crippen molar-refractivity contribution in [2.75, 3.05) is 23.9 Å². The SMILES string of the molecule is CN(C)c1ccc(N2C(=S)N[C@H](c3ccccn3)[C@@H]2c2ccc(-c3ccc(F)cc3)o2)cc1. The van der Waals surface area contributed by atoms with Gasteiger partial charge in [0.25, 0.3) is 0 Å². The second kappa shape index (κ2) is 8.67. The summed E-state index contributed by atoms with van der Waals surface area (Å²) in [5.41, 5.74) is 3.75. The predicted molar refractivity (Wildman–Crippen MR) is 133 cm³/mol. The molecule has 7 heteroatoms. The van der Waals surface area contributed by atoms with E-state index in [0.29, 0.717) is 10.9 Å². The smallest absolute Gasteiger partial charge is 0.174 e. The molecule has 1 N–H and O–H groups in total. The summed E-state index contributed by atoms with van der Waals surface area (Å²) < 4.78 is 19.7. The maximum Gasteiger partial charge on any atom is 0.174 e. The molecule has 0 radical (unpaired) electrons. The lowest BCUT2D eigenvalue weighted by Crippen LogP contribution is -2.29. The van der Waals surface area contributed by atoms with Gasteiger partial charge in [0.05, 0.1) is 11.7 Å². The minimum atomic E-state index is -0.279. The first-order valence-corrected chi connectivity index (χ1v) is 11.1. The monoisotopic (exact) mass is 458 g/mol. The summed E-state index contributed by atoms with van der Waals surface area (Å²) in [6, 6.07) is 23.8. The van der Waals surface area contributed by atoms with Gasteiger partial charge in [-0.2, -0.15) is 0 Å². The summed E-state index contributed by atoms with van der Waals surface area (Å²) in [5.74, 6) is 1.14. The molecule has 0 spiro atoms. The number of pyridine rings is 1. The van der Waals surface area contributed by atoms with Crippen molar-refractivity contribution in [1.29, 1.82) is 0 Å². The Bertz CT molecular complexity index is 1260. The van der Waals surface area contributed by atoms with Gasteiger partial charge in [0.15, 0.2) is 5.11 Å². The predicted octanol–water partition coefficient (Wildman–Crippen LogP) is 5.72. The highest BCUT2D eigenvalue weighted by atomic mass is 32.1. The maximum atomic E-state index is 13.4. The fourth-order valence-corrected chi connectivity index (χ4v) is 4.46. The lowest BCUT2D eigenvalue weighted by atomic mass is 10.0. The van der Waals surface area contributed by atoms with Crippen LogP contribution in [0, 0.1) is 5.82 Å². The highest BCUT2D eigenvalue weighted by Crippen LogP contribution is 2.43. The molecule has 1 saturated heterocycles. The van der Waals surface area contributed by atoms with Crippen molar-refractivity contribution in [3.63, 3.8) is 0 Å². The van der Waals surface area contributed by atoms with E-state index in [9.17, 15) is 4.39 Å². The molecule has 4 aromatic rings. The summed E-state index contributed by atoms with van der Waals surface area (Å²) in [7, 11) is 4.02. The van der Waals surface area contributed by atoms with Gasteiger partial charge < -0.3 is 19.5 Å². The topological polar surface area (TPSA) is 44.5 Å². The molecule has 1 aliphatic heterocycles. The molecule has 33 heavy (non-hydrogen) atoms. The zero-order valence-corrected chi connectivity index (χ0v) is 19.1. The highest BCUT2D eigenvalue weighted by Gasteiger charge is 2.42. The van der Waals surface area contributed by atoms with Crippen molar-refractivity contribution in [3.05, 3.63) is 102 Å². The largest absolute Gasteiger partial charge is 0.459 e. The van der Waals surface area contributed by atoms with E-state index in [4.69, 9.17) is 16.6 Å². The number of hydrogen-bond donors (Lipinski definition) is 1. The number of hydrogen-bond acceptors (Lipinski definition) is 4. The van der Waals surface area contributed by atoms with Crippen LogP contribution < -0.4 is 15.1 Å². The van der Waals surface area contributed by atoms with Gasteiger partial charge in [-0.1, -0.05) is 6.07 Å².